The van der Waals surface area contributed by atoms with Crippen LogP contribution in [0.15, 0.2) is 36.4 Å². The monoisotopic (exact) mass is 384 g/mol. The smallest absolute Gasteiger partial charge is 0.240 e. The summed E-state index contributed by atoms with van der Waals surface area (Å²) in [6.07, 6.45) is 0.786. The molecule has 0 bridgehead atoms. The molecule has 1 N–H and O–H groups in total. The Kier molecular flexibility index (Phi) is 7.44. The van der Waals surface area contributed by atoms with Gasteiger partial charge in [-0.1, -0.05) is 31.2 Å². The van der Waals surface area contributed by atoms with Gasteiger partial charge in [0.25, 0.3) is 0 Å². The minimum absolute atomic E-state index is 0.0273. The number of aryl methyl sites for hydroxylation is 2. The summed E-state index contributed by atoms with van der Waals surface area (Å²) in [5.74, 6) is 0.847. The van der Waals surface area contributed by atoms with Gasteiger partial charge in [0.05, 0.1) is 19.9 Å². The van der Waals surface area contributed by atoms with Crippen LogP contribution in [0.2, 0.25) is 0 Å². The van der Waals surface area contributed by atoms with Gasteiger partial charge in [-0.05, 0) is 42.2 Å². The lowest BCUT2D eigenvalue weighted by atomic mass is 10.0. The Hall–Kier alpha value is -3.02. The topological polar surface area (TPSA) is 67.9 Å². The van der Waals surface area contributed by atoms with Crippen molar-refractivity contribution in [2.45, 2.75) is 33.7 Å². The first-order chi connectivity index (χ1) is 13.4. The van der Waals surface area contributed by atoms with Gasteiger partial charge in [-0.3, -0.25) is 9.59 Å². The maximum absolute atomic E-state index is 12.5. The Bertz CT molecular complexity index is 848. The maximum Gasteiger partial charge on any atom is 0.240 e. The average Bonchev–Trinajstić information content (AvgIpc) is 2.70. The Morgan fingerprint density at radius 1 is 1.07 bits per heavy atom. The van der Waals surface area contributed by atoms with Gasteiger partial charge in [-0.2, -0.15) is 0 Å². The van der Waals surface area contributed by atoms with Crippen LogP contribution in [0.3, 0.4) is 0 Å². The van der Waals surface area contributed by atoms with Gasteiger partial charge in [-0.25, -0.2) is 0 Å². The highest BCUT2D eigenvalue weighted by Crippen LogP contribution is 2.28. The molecule has 0 aliphatic heterocycles. The quantitative estimate of drug-likeness (QED) is 0.759. The number of nitrogens with one attached hydrogen (secondary N) is 1. The third kappa shape index (κ3) is 5.03. The molecule has 2 amide bonds. The molecule has 2 aromatic rings. The Morgan fingerprint density at radius 3 is 2.39 bits per heavy atom. The molecule has 0 radical (unpaired) electrons. The van der Waals surface area contributed by atoms with E-state index in [1.54, 1.807) is 20.3 Å². The van der Waals surface area contributed by atoms with Crippen LogP contribution in [0.5, 0.6) is 11.5 Å². The molecule has 2 aromatic carbocycles. The molecule has 0 aliphatic carbocycles. The van der Waals surface area contributed by atoms with Gasteiger partial charge < -0.3 is 19.7 Å². The van der Waals surface area contributed by atoms with Crippen molar-refractivity contribution >= 4 is 17.5 Å². The molecule has 28 heavy (non-hydrogen) atoms. The number of nitrogens with zero attached hydrogens (tertiary/aromatic N) is 1. The van der Waals surface area contributed by atoms with Gasteiger partial charge in [0.2, 0.25) is 11.8 Å². The van der Waals surface area contributed by atoms with Gasteiger partial charge in [0, 0.05) is 13.5 Å². The molecule has 0 atom stereocenters. The number of hydrogen-bond acceptors (Lipinski definition) is 4. The van der Waals surface area contributed by atoms with Gasteiger partial charge in [0.15, 0.2) is 11.5 Å². The van der Waals surface area contributed by atoms with E-state index in [4.69, 9.17) is 9.47 Å². The number of rotatable bonds is 8. The van der Waals surface area contributed by atoms with Crippen molar-refractivity contribution in [2.24, 2.45) is 0 Å². The van der Waals surface area contributed by atoms with Gasteiger partial charge in [-0.15, -0.1) is 0 Å². The lowest BCUT2D eigenvalue weighted by molar-refractivity contribution is -0.123. The summed E-state index contributed by atoms with van der Waals surface area (Å²) in [4.78, 5) is 26.3. The van der Waals surface area contributed by atoms with Crippen LogP contribution in [-0.4, -0.2) is 32.6 Å². The van der Waals surface area contributed by atoms with Crippen LogP contribution >= 0.6 is 0 Å². The van der Waals surface area contributed by atoms with E-state index in [0.29, 0.717) is 18.0 Å². The van der Waals surface area contributed by atoms with Crippen molar-refractivity contribution in [1.29, 1.82) is 0 Å². The number of para-hydroxylation sites is 1. The molecule has 0 heterocycles. The first-order valence-corrected chi connectivity index (χ1v) is 9.25. The fourth-order valence-corrected chi connectivity index (χ4v) is 3.13. The van der Waals surface area contributed by atoms with Crippen LogP contribution in [0.1, 0.15) is 30.5 Å². The van der Waals surface area contributed by atoms with E-state index in [0.717, 1.165) is 28.8 Å². The second-order valence-corrected chi connectivity index (χ2v) is 6.51. The van der Waals surface area contributed by atoms with E-state index in [9.17, 15) is 9.59 Å². The molecule has 0 saturated carbocycles. The minimum atomic E-state index is -0.227. The first-order valence-electron chi connectivity index (χ1n) is 9.25. The molecule has 0 aromatic heterocycles. The zero-order chi connectivity index (χ0) is 20.7. The molecule has 2 rings (SSSR count). The third-order valence-electron chi connectivity index (χ3n) is 4.59. The maximum atomic E-state index is 12.5. The van der Waals surface area contributed by atoms with Crippen LogP contribution in [-0.2, 0) is 22.6 Å². The van der Waals surface area contributed by atoms with E-state index in [1.165, 1.54) is 11.8 Å². The average molecular weight is 384 g/mol. The fraction of sp³-hybridized carbons (Fsp3) is 0.364. The highest BCUT2D eigenvalue weighted by atomic mass is 16.5. The van der Waals surface area contributed by atoms with E-state index in [-0.39, 0.29) is 18.4 Å². The molecular weight excluding hydrogens is 356 g/mol. The lowest BCUT2D eigenvalue weighted by Gasteiger charge is -2.25. The van der Waals surface area contributed by atoms with Crippen molar-refractivity contribution in [3.63, 3.8) is 0 Å². The van der Waals surface area contributed by atoms with Crippen molar-refractivity contribution in [3.8, 4) is 11.5 Å². The highest BCUT2D eigenvalue weighted by molar-refractivity contribution is 5.98. The highest BCUT2D eigenvalue weighted by Gasteiger charge is 2.20. The first kappa shape index (κ1) is 21.3. The molecular formula is C22H28N2O4. The lowest BCUT2D eigenvalue weighted by Crippen LogP contribution is -2.40. The number of amides is 2. The fourth-order valence-electron chi connectivity index (χ4n) is 3.13. The van der Waals surface area contributed by atoms with Crippen LogP contribution < -0.4 is 19.7 Å². The van der Waals surface area contributed by atoms with Crippen LogP contribution in [0, 0.1) is 6.92 Å². The summed E-state index contributed by atoms with van der Waals surface area (Å²) in [5.41, 5.74) is 3.72. The number of benzene rings is 2. The second kappa shape index (κ2) is 9.78. The zero-order valence-corrected chi connectivity index (χ0v) is 17.2. The standard InChI is InChI=1S/C22H28N2O4/c1-6-18-9-7-8-15(2)22(18)24(16(3)25)14-21(26)23-13-17-10-11-19(27-4)20(12-17)28-5/h7-12H,6,13-14H2,1-5H3,(H,23,26). The SMILES string of the molecule is CCc1cccc(C)c1N(CC(=O)NCc1ccc(OC)c(OC)c1)C(C)=O. The molecule has 6 heteroatoms. The predicted molar refractivity (Wildman–Crippen MR) is 110 cm³/mol. The van der Waals surface area contributed by atoms with Gasteiger partial charge in [0.1, 0.15) is 6.54 Å². The van der Waals surface area contributed by atoms with Gasteiger partial charge >= 0.3 is 0 Å². The van der Waals surface area contributed by atoms with E-state index < -0.39 is 0 Å². The molecule has 0 fully saturated rings. The van der Waals surface area contributed by atoms with Crippen molar-refractivity contribution in [2.75, 3.05) is 25.7 Å². The number of ether oxygens (including phenoxy) is 2. The van der Waals surface area contributed by atoms with E-state index in [1.807, 2.05) is 44.2 Å². The Labute approximate surface area is 166 Å². The largest absolute Gasteiger partial charge is 0.493 e. The summed E-state index contributed by atoms with van der Waals surface area (Å²) in [5, 5.41) is 2.87. The Balaban J connectivity index is 2.11. The number of hydrogen-bond donors (Lipinski definition) is 1. The normalized spacial score (nSPS) is 10.3. The van der Waals surface area contributed by atoms with Crippen molar-refractivity contribution < 1.29 is 19.1 Å². The molecule has 0 aliphatic rings. The number of carbonyl (C=O) groups is 2. The molecule has 0 saturated heterocycles. The number of carbonyl (C=O) groups excluding carboxylic acids is 2. The van der Waals surface area contributed by atoms with E-state index in [2.05, 4.69) is 5.32 Å². The molecule has 6 nitrogen and oxygen atoms in total. The summed E-state index contributed by atoms with van der Waals surface area (Å²) >= 11 is 0. The second-order valence-electron chi connectivity index (χ2n) is 6.51. The summed E-state index contributed by atoms with van der Waals surface area (Å²) in [6, 6.07) is 11.4. The molecule has 0 unspecified atom stereocenters. The molecule has 0 spiro atoms. The summed E-state index contributed by atoms with van der Waals surface area (Å²) < 4.78 is 10.5. The minimum Gasteiger partial charge on any atom is -0.493 e. The van der Waals surface area contributed by atoms with Crippen LogP contribution in [0.25, 0.3) is 0 Å². The molecule has 150 valence electrons. The Morgan fingerprint density at radius 2 is 1.79 bits per heavy atom. The van der Waals surface area contributed by atoms with Crippen molar-refractivity contribution in [1.82, 2.24) is 5.32 Å². The predicted octanol–water partition coefficient (Wildman–Crippen LogP) is 3.24. The number of methoxy groups -OCH3 is 2. The third-order valence-corrected chi connectivity index (χ3v) is 4.59. The summed E-state index contributed by atoms with van der Waals surface area (Å²) in [7, 11) is 3.14. The van der Waals surface area contributed by atoms with E-state index >= 15 is 0 Å². The van der Waals surface area contributed by atoms with Crippen molar-refractivity contribution in [3.05, 3.63) is 53.1 Å². The zero-order valence-electron chi connectivity index (χ0n) is 17.2. The van der Waals surface area contributed by atoms with Crippen LogP contribution in [0.4, 0.5) is 5.69 Å². The number of anilines is 1. The summed E-state index contributed by atoms with van der Waals surface area (Å²) in [6.45, 7) is 5.77.